The van der Waals surface area contributed by atoms with Crippen LogP contribution in [0.3, 0.4) is 0 Å². The molecule has 0 saturated carbocycles. The Labute approximate surface area is 114 Å². The Kier molecular flexibility index (Phi) is 5.67. The predicted octanol–water partition coefficient (Wildman–Crippen LogP) is 3.81. The first-order valence-electron chi connectivity index (χ1n) is 7.48. The van der Waals surface area contributed by atoms with Gasteiger partial charge in [0.25, 0.3) is 0 Å². The van der Waals surface area contributed by atoms with Crippen molar-refractivity contribution in [2.75, 3.05) is 32.8 Å². The van der Waals surface area contributed by atoms with Gasteiger partial charge in [0.05, 0.1) is 13.2 Å². The van der Waals surface area contributed by atoms with Crippen molar-refractivity contribution in [3.8, 4) is 0 Å². The molecule has 1 heterocycles. The lowest BCUT2D eigenvalue weighted by Gasteiger charge is -2.38. The summed E-state index contributed by atoms with van der Waals surface area (Å²) in [5.41, 5.74) is 0.772. The number of likely N-dealkylation sites (tertiary alicyclic amines) is 1. The van der Waals surface area contributed by atoms with Gasteiger partial charge in [0.15, 0.2) is 0 Å². The van der Waals surface area contributed by atoms with Crippen molar-refractivity contribution in [2.45, 2.75) is 54.4 Å². The fraction of sp³-hybridized carbons (Fsp3) is 1.00. The van der Waals surface area contributed by atoms with Gasteiger partial charge in [-0.1, -0.05) is 41.5 Å². The largest absolute Gasteiger partial charge is 0.380 e. The minimum atomic E-state index is 0.291. The molecule has 0 atom stereocenters. The zero-order valence-electron chi connectivity index (χ0n) is 13.4. The minimum absolute atomic E-state index is 0.291. The summed E-state index contributed by atoms with van der Waals surface area (Å²) < 4.78 is 5.75. The van der Waals surface area contributed by atoms with Crippen molar-refractivity contribution in [3.63, 3.8) is 0 Å². The lowest BCUT2D eigenvalue weighted by molar-refractivity contribution is 0.0400. The Morgan fingerprint density at radius 2 is 1.56 bits per heavy atom. The maximum atomic E-state index is 5.75. The summed E-state index contributed by atoms with van der Waals surface area (Å²) in [7, 11) is 0. The summed E-state index contributed by atoms with van der Waals surface area (Å²) in [6.45, 7) is 19.2. The zero-order valence-corrected chi connectivity index (χ0v) is 13.4. The average Bonchev–Trinajstić information content (AvgIpc) is 2.22. The Morgan fingerprint density at radius 1 is 1.00 bits per heavy atom. The van der Waals surface area contributed by atoms with Crippen LogP contribution in [-0.4, -0.2) is 37.7 Å². The van der Waals surface area contributed by atoms with Gasteiger partial charge in [0.1, 0.15) is 0 Å². The van der Waals surface area contributed by atoms with Crippen molar-refractivity contribution in [3.05, 3.63) is 0 Å². The Hall–Kier alpha value is -0.0800. The molecule has 0 unspecified atom stereocenters. The number of rotatable bonds is 4. The van der Waals surface area contributed by atoms with E-state index in [9.17, 15) is 0 Å². The third-order valence-electron chi connectivity index (χ3n) is 3.90. The Balaban J connectivity index is 2.13. The van der Waals surface area contributed by atoms with Crippen molar-refractivity contribution >= 4 is 0 Å². The fourth-order valence-electron chi connectivity index (χ4n) is 2.59. The van der Waals surface area contributed by atoms with Crippen LogP contribution in [0.1, 0.15) is 54.4 Å². The summed E-state index contributed by atoms with van der Waals surface area (Å²) in [4.78, 5) is 2.56. The van der Waals surface area contributed by atoms with Crippen LogP contribution in [0.2, 0.25) is 0 Å². The van der Waals surface area contributed by atoms with E-state index in [0.29, 0.717) is 10.8 Å². The van der Waals surface area contributed by atoms with E-state index in [1.165, 1.54) is 25.9 Å². The quantitative estimate of drug-likeness (QED) is 0.708. The third-order valence-corrected chi connectivity index (χ3v) is 3.90. The molecule has 1 saturated heterocycles. The molecule has 2 heteroatoms. The number of piperidine rings is 1. The maximum Gasteiger partial charge on any atom is 0.0593 e. The van der Waals surface area contributed by atoms with Crippen LogP contribution in [0.25, 0.3) is 0 Å². The molecular formula is C16H33NO. The van der Waals surface area contributed by atoms with Crippen molar-refractivity contribution in [2.24, 2.45) is 16.7 Å². The first-order valence-corrected chi connectivity index (χ1v) is 7.48. The monoisotopic (exact) mass is 255 g/mol. The molecule has 0 N–H and O–H groups in total. The van der Waals surface area contributed by atoms with Crippen LogP contribution in [-0.2, 0) is 4.74 Å². The molecule has 1 aliphatic heterocycles. The van der Waals surface area contributed by atoms with E-state index in [4.69, 9.17) is 4.74 Å². The summed E-state index contributed by atoms with van der Waals surface area (Å²) >= 11 is 0. The number of ether oxygens (including phenoxy) is 1. The molecule has 18 heavy (non-hydrogen) atoms. The van der Waals surface area contributed by atoms with Gasteiger partial charge in [-0.25, -0.2) is 0 Å². The topological polar surface area (TPSA) is 12.5 Å². The highest BCUT2D eigenvalue weighted by atomic mass is 16.5. The van der Waals surface area contributed by atoms with E-state index in [1.807, 2.05) is 0 Å². The van der Waals surface area contributed by atoms with Crippen LogP contribution in [0, 0.1) is 16.7 Å². The highest BCUT2D eigenvalue weighted by Crippen LogP contribution is 2.34. The molecule has 1 aliphatic rings. The molecule has 0 amide bonds. The van der Waals surface area contributed by atoms with Gasteiger partial charge in [-0.05, 0) is 42.7 Å². The average molecular weight is 255 g/mol. The zero-order chi connectivity index (χ0) is 13.8. The number of hydrogen-bond acceptors (Lipinski definition) is 2. The summed E-state index contributed by atoms with van der Waals surface area (Å²) in [5.74, 6) is 0.893. The molecule has 0 aromatic heterocycles. The van der Waals surface area contributed by atoms with Gasteiger partial charge >= 0.3 is 0 Å². The molecule has 108 valence electrons. The minimum Gasteiger partial charge on any atom is -0.380 e. The van der Waals surface area contributed by atoms with Gasteiger partial charge in [0.2, 0.25) is 0 Å². The molecule has 2 nitrogen and oxygen atoms in total. The van der Waals surface area contributed by atoms with E-state index in [-0.39, 0.29) is 0 Å². The third kappa shape index (κ3) is 6.19. The van der Waals surface area contributed by atoms with Crippen LogP contribution >= 0.6 is 0 Å². The molecule has 0 aliphatic carbocycles. The normalized spacial score (nSPS) is 20.3. The highest BCUT2D eigenvalue weighted by Gasteiger charge is 2.28. The summed E-state index contributed by atoms with van der Waals surface area (Å²) in [6, 6.07) is 0. The van der Waals surface area contributed by atoms with Crippen molar-refractivity contribution < 1.29 is 4.74 Å². The summed E-state index contributed by atoms with van der Waals surface area (Å²) in [6.07, 6.45) is 2.70. The smallest absolute Gasteiger partial charge is 0.0593 e. The predicted molar refractivity (Wildman–Crippen MR) is 78.9 cm³/mol. The van der Waals surface area contributed by atoms with Crippen LogP contribution in [0.5, 0.6) is 0 Å². The van der Waals surface area contributed by atoms with Gasteiger partial charge in [-0.2, -0.15) is 0 Å². The van der Waals surface area contributed by atoms with Crippen LogP contribution in [0.15, 0.2) is 0 Å². The van der Waals surface area contributed by atoms with Gasteiger partial charge in [-0.3, -0.25) is 0 Å². The number of nitrogens with zero attached hydrogens (tertiary/aromatic N) is 1. The lowest BCUT2D eigenvalue weighted by Crippen LogP contribution is -2.39. The molecular weight excluding hydrogens is 222 g/mol. The molecule has 1 fully saturated rings. The second-order valence-corrected chi connectivity index (χ2v) is 8.10. The van der Waals surface area contributed by atoms with Gasteiger partial charge in [-0.15, -0.1) is 0 Å². The molecule has 0 bridgehead atoms. The maximum absolute atomic E-state index is 5.75. The molecule has 0 spiro atoms. The van der Waals surface area contributed by atoms with E-state index in [1.54, 1.807) is 0 Å². The SMILES string of the molecule is CC(C)(C)COCCN1CCC(C(C)(C)C)CC1. The van der Waals surface area contributed by atoms with E-state index in [0.717, 1.165) is 25.7 Å². The highest BCUT2D eigenvalue weighted by molar-refractivity contribution is 4.80. The van der Waals surface area contributed by atoms with Crippen LogP contribution in [0.4, 0.5) is 0 Å². The lowest BCUT2D eigenvalue weighted by atomic mass is 9.75. The van der Waals surface area contributed by atoms with Gasteiger partial charge < -0.3 is 9.64 Å². The second kappa shape index (κ2) is 6.38. The first-order chi connectivity index (χ1) is 8.18. The van der Waals surface area contributed by atoms with E-state index >= 15 is 0 Å². The molecule has 0 radical (unpaired) electrons. The second-order valence-electron chi connectivity index (χ2n) is 8.10. The Bertz CT molecular complexity index is 228. The molecule has 0 aromatic rings. The van der Waals surface area contributed by atoms with E-state index < -0.39 is 0 Å². The molecule has 0 aromatic carbocycles. The summed E-state index contributed by atoms with van der Waals surface area (Å²) in [5, 5.41) is 0. The van der Waals surface area contributed by atoms with Crippen molar-refractivity contribution in [1.82, 2.24) is 4.90 Å². The number of hydrogen-bond donors (Lipinski definition) is 0. The fourth-order valence-corrected chi connectivity index (χ4v) is 2.59. The van der Waals surface area contributed by atoms with E-state index in [2.05, 4.69) is 46.4 Å². The molecule has 1 rings (SSSR count). The standard InChI is InChI=1S/C16H33NO/c1-15(2,3)13-18-12-11-17-9-7-14(8-10-17)16(4,5)6/h14H,7-13H2,1-6H3. The van der Waals surface area contributed by atoms with Gasteiger partial charge in [0, 0.05) is 6.54 Å². The van der Waals surface area contributed by atoms with Crippen molar-refractivity contribution in [1.29, 1.82) is 0 Å². The van der Waals surface area contributed by atoms with Crippen LogP contribution < -0.4 is 0 Å². The Morgan fingerprint density at radius 3 is 2.00 bits per heavy atom. The first kappa shape index (κ1) is 16.0.